The second kappa shape index (κ2) is 4.13. The van der Waals surface area contributed by atoms with Gasteiger partial charge in [0.1, 0.15) is 17.5 Å². The van der Waals surface area contributed by atoms with Gasteiger partial charge in [0.25, 0.3) is 10.0 Å². The van der Waals surface area contributed by atoms with Gasteiger partial charge in [-0.2, -0.15) is 5.10 Å². The summed E-state index contributed by atoms with van der Waals surface area (Å²) in [6, 6.07) is 3.41. The maximum Gasteiger partial charge on any atom is 0.263 e. The van der Waals surface area contributed by atoms with Gasteiger partial charge in [0.2, 0.25) is 0 Å². The molecule has 0 aliphatic heterocycles. The van der Waals surface area contributed by atoms with Crippen LogP contribution in [0, 0.1) is 11.6 Å². The number of nitrogens with one attached hydrogen (secondary N) is 2. The van der Waals surface area contributed by atoms with E-state index in [4.69, 9.17) is 0 Å². The molecule has 90 valence electrons. The highest BCUT2D eigenvalue weighted by Gasteiger charge is 2.16. The van der Waals surface area contributed by atoms with Crippen LogP contribution in [0.15, 0.2) is 35.4 Å². The van der Waals surface area contributed by atoms with Gasteiger partial charge in [0.05, 0.1) is 11.1 Å². The number of hydrogen-bond donors (Lipinski definition) is 2. The predicted molar refractivity (Wildman–Crippen MR) is 55.8 cm³/mol. The van der Waals surface area contributed by atoms with Crippen molar-refractivity contribution in [2.24, 2.45) is 0 Å². The molecular weight excluding hydrogens is 252 g/mol. The molecule has 0 amide bonds. The summed E-state index contributed by atoms with van der Waals surface area (Å²) in [6.07, 6.45) is 1.34. The van der Waals surface area contributed by atoms with E-state index < -0.39 is 26.6 Å². The number of benzene rings is 1. The first-order valence-corrected chi connectivity index (χ1v) is 5.94. The fourth-order valence-electron chi connectivity index (χ4n) is 1.20. The zero-order valence-electron chi connectivity index (χ0n) is 8.31. The van der Waals surface area contributed by atoms with Crippen molar-refractivity contribution in [2.45, 2.75) is 4.90 Å². The number of anilines is 1. The molecule has 17 heavy (non-hydrogen) atoms. The van der Waals surface area contributed by atoms with E-state index in [1.165, 1.54) is 12.3 Å². The molecule has 0 saturated heterocycles. The fourth-order valence-corrected chi connectivity index (χ4v) is 2.26. The number of aromatic nitrogens is 2. The Balaban J connectivity index is 2.38. The van der Waals surface area contributed by atoms with Crippen molar-refractivity contribution >= 4 is 15.8 Å². The normalized spacial score (nSPS) is 11.4. The fraction of sp³-hybridized carbons (Fsp3) is 0. The first kappa shape index (κ1) is 11.5. The molecule has 0 fully saturated rings. The topological polar surface area (TPSA) is 74.8 Å². The van der Waals surface area contributed by atoms with E-state index in [1.54, 1.807) is 0 Å². The predicted octanol–water partition coefficient (Wildman–Crippen LogP) is 1.49. The van der Waals surface area contributed by atoms with Crippen molar-refractivity contribution in [3.8, 4) is 0 Å². The second-order valence-corrected chi connectivity index (χ2v) is 4.86. The summed E-state index contributed by atoms with van der Waals surface area (Å²) >= 11 is 0. The van der Waals surface area contributed by atoms with Gasteiger partial charge in [-0.05, 0) is 12.1 Å². The molecule has 0 spiro atoms. The van der Waals surface area contributed by atoms with E-state index >= 15 is 0 Å². The second-order valence-electron chi connectivity index (χ2n) is 3.18. The average Bonchev–Trinajstić information content (AvgIpc) is 2.68. The Morgan fingerprint density at radius 2 is 1.82 bits per heavy atom. The average molecular weight is 259 g/mol. The zero-order valence-corrected chi connectivity index (χ0v) is 9.13. The summed E-state index contributed by atoms with van der Waals surface area (Å²) in [5.41, 5.74) is 0. The van der Waals surface area contributed by atoms with E-state index in [2.05, 4.69) is 14.9 Å². The maximum atomic E-state index is 12.9. The number of aromatic amines is 1. The van der Waals surface area contributed by atoms with Crippen molar-refractivity contribution in [2.75, 3.05) is 4.72 Å². The van der Waals surface area contributed by atoms with Crippen LogP contribution in [-0.2, 0) is 10.0 Å². The molecule has 0 radical (unpaired) electrons. The lowest BCUT2D eigenvalue weighted by Gasteiger charge is -2.05. The molecule has 2 rings (SSSR count). The quantitative estimate of drug-likeness (QED) is 0.876. The van der Waals surface area contributed by atoms with Crippen LogP contribution in [0.1, 0.15) is 0 Å². The Labute approximate surface area is 95.5 Å². The molecule has 0 aliphatic rings. The lowest BCUT2D eigenvalue weighted by molar-refractivity contribution is 0.568. The third-order valence-corrected chi connectivity index (χ3v) is 3.24. The van der Waals surface area contributed by atoms with Crippen molar-refractivity contribution in [3.63, 3.8) is 0 Å². The number of sulfonamides is 1. The maximum absolute atomic E-state index is 12.9. The lowest BCUT2D eigenvalue weighted by Crippen LogP contribution is -2.13. The molecule has 1 aromatic heterocycles. The molecule has 0 unspecified atom stereocenters. The Morgan fingerprint density at radius 3 is 2.35 bits per heavy atom. The minimum absolute atomic E-state index is 0.106. The van der Waals surface area contributed by atoms with Gasteiger partial charge in [-0.15, -0.1) is 0 Å². The van der Waals surface area contributed by atoms with Crippen LogP contribution in [0.3, 0.4) is 0 Å². The van der Waals surface area contributed by atoms with Gasteiger partial charge in [0, 0.05) is 12.1 Å². The minimum atomic E-state index is -4.03. The van der Waals surface area contributed by atoms with E-state index in [9.17, 15) is 17.2 Å². The summed E-state index contributed by atoms with van der Waals surface area (Å²) in [6.45, 7) is 0. The highest BCUT2D eigenvalue weighted by atomic mass is 32.2. The van der Waals surface area contributed by atoms with Gasteiger partial charge >= 0.3 is 0 Å². The van der Waals surface area contributed by atoms with E-state index in [1.807, 2.05) is 0 Å². The summed E-state index contributed by atoms with van der Waals surface area (Å²) < 4.78 is 51.3. The van der Waals surface area contributed by atoms with E-state index in [0.717, 1.165) is 12.1 Å². The van der Waals surface area contributed by atoms with Crippen molar-refractivity contribution < 1.29 is 17.2 Å². The summed E-state index contributed by atoms with van der Waals surface area (Å²) in [5, 5.41) is 5.90. The Hall–Kier alpha value is -1.96. The van der Waals surface area contributed by atoms with Gasteiger partial charge in [0.15, 0.2) is 0 Å². The van der Waals surface area contributed by atoms with Crippen LogP contribution >= 0.6 is 0 Å². The molecule has 0 aliphatic carbocycles. The van der Waals surface area contributed by atoms with Gasteiger partial charge in [-0.25, -0.2) is 17.2 Å². The molecular formula is C9H7F2N3O2S. The van der Waals surface area contributed by atoms with Crippen LogP contribution < -0.4 is 4.72 Å². The third-order valence-electron chi connectivity index (χ3n) is 1.89. The molecule has 0 atom stereocenters. The molecule has 0 saturated carbocycles. The third kappa shape index (κ3) is 2.59. The largest absolute Gasteiger partial charge is 0.264 e. The highest BCUT2D eigenvalue weighted by molar-refractivity contribution is 7.92. The van der Waals surface area contributed by atoms with Crippen molar-refractivity contribution in [1.29, 1.82) is 0 Å². The molecule has 5 nitrogen and oxygen atoms in total. The minimum Gasteiger partial charge on any atom is -0.264 e. The smallest absolute Gasteiger partial charge is 0.263 e. The van der Waals surface area contributed by atoms with Crippen LogP contribution in [0.4, 0.5) is 14.6 Å². The summed E-state index contributed by atoms with van der Waals surface area (Å²) in [7, 11) is -4.03. The molecule has 0 bridgehead atoms. The number of H-pyrrole nitrogens is 1. The molecule has 8 heteroatoms. The van der Waals surface area contributed by atoms with Gasteiger partial charge in [-0.1, -0.05) is 0 Å². The Morgan fingerprint density at radius 1 is 1.18 bits per heavy atom. The van der Waals surface area contributed by atoms with E-state index in [-0.39, 0.29) is 5.82 Å². The molecule has 1 aromatic carbocycles. The Kier molecular flexibility index (Phi) is 2.80. The van der Waals surface area contributed by atoms with Gasteiger partial charge < -0.3 is 0 Å². The SMILES string of the molecule is O=S(=O)(Nc1ccn[nH]1)c1cc(F)cc(F)c1. The van der Waals surface area contributed by atoms with Gasteiger partial charge in [-0.3, -0.25) is 9.82 Å². The van der Waals surface area contributed by atoms with E-state index in [0.29, 0.717) is 6.07 Å². The monoisotopic (exact) mass is 259 g/mol. The summed E-state index contributed by atoms with van der Waals surface area (Å²) in [5.74, 6) is -1.82. The highest BCUT2D eigenvalue weighted by Crippen LogP contribution is 2.16. The summed E-state index contributed by atoms with van der Waals surface area (Å²) in [4.78, 5) is -0.496. The van der Waals surface area contributed by atoms with Crippen LogP contribution in [0.25, 0.3) is 0 Å². The zero-order chi connectivity index (χ0) is 12.5. The van der Waals surface area contributed by atoms with Crippen molar-refractivity contribution in [1.82, 2.24) is 10.2 Å². The van der Waals surface area contributed by atoms with Crippen LogP contribution in [0.5, 0.6) is 0 Å². The number of hydrogen-bond acceptors (Lipinski definition) is 3. The molecule has 1 heterocycles. The first-order valence-electron chi connectivity index (χ1n) is 4.46. The molecule has 2 N–H and O–H groups in total. The number of nitrogens with zero attached hydrogens (tertiary/aromatic N) is 1. The van der Waals surface area contributed by atoms with Crippen LogP contribution in [0.2, 0.25) is 0 Å². The first-order chi connectivity index (χ1) is 7.97. The number of rotatable bonds is 3. The molecule has 2 aromatic rings. The van der Waals surface area contributed by atoms with Crippen LogP contribution in [-0.4, -0.2) is 18.6 Å². The van der Waals surface area contributed by atoms with Crippen molar-refractivity contribution in [3.05, 3.63) is 42.1 Å². The standard InChI is InChI=1S/C9H7F2N3O2S/c10-6-3-7(11)5-8(4-6)17(15,16)14-9-1-2-12-13-9/h1-5H,(H2,12,13,14). The Bertz CT molecular complexity index is 605. The lowest BCUT2D eigenvalue weighted by atomic mass is 10.3. The number of halogens is 2.